The van der Waals surface area contributed by atoms with Crippen molar-refractivity contribution in [3.8, 4) is 5.69 Å². The van der Waals surface area contributed by atoms with Crippen molar-refractivity contribution in [3.05, 3.63) is 48.3 Å². The van der Waals surface area contributed by atoms with Gasteiger partial charge in [0.05, 0.1) is 17.4 Å². The first-order chi connectivity index (χ1) is 8.38. The average molecular weight is 224 g/mol. The molecular weight excluding hydrogens is 212 g/mol. The molecule has 1 aromatic carbocycles. The molecule has 0 amide bonds. The zero-order valence-electron chi connectivity index (χ0n) is 9.54. The van der Waals surface area contributed by atoms with Crippen molar-refractivity contribution < 1.29 is 0 Å². The van der Waals surface area contributed by atoms with Gasteiger partial charge in [0.25, 0.3) is 0 Å². The number of benzene rings is 1. The summed E-state index contributed by atoms with van der Waals surface area (Å²) in [6.07, 6.45) is 4.65. The largest absolute Gasteiger partial charge is 0.262 e. The fourth-order valence-corrected chi connectivity index (χ4v) is 1.84. The topological polar surface area (TPSA) is 43.6 Å². The van der Waals surface area contributed by atoms with E-state index in [0.29, 0.717) is 0 Å². The lowest BCUT2D eigenvalue weighted by Crippen LogP contribution is -1.98. The summed E-state index contributed by atoms with van der Waals surface area (Å²) in [5.74, 6) is 0. The van der Waals surface area contributed by atoms with Gasteiger partial charge in [-0.3, -0.25) is 4.98 Å². The molecule has 0 aliphatic rings. The summed E-state index contributed by atoms with van der Waals surface area (Å²) < 4.78 is 1.82. The van der Waals surface area contributed by atoms with Crippen LogP contribution in [0.3, 0.4) is 0 Å². The molecule has 0 saturated heterocycles. The van der Waals surface area contributed by atoms with Crippen LogP contribution in [0.1, 0.15) is 12.5 Å². The van der Waals surface area contributed by atoms with Gasteiger partial charge in [0.1, 0.15) is 5.52 Å². The molecule has 0 fully saturated rings. The lowest BCUT2D eigenvalue weighted by molar-refractivity contribution is 0.817. The minimum atomic E-state index is 0.898. The predicted molar refractivity (Wildman–Crippen MR) is 66.0 cm³/mol. The third-order valence-electron chi connectivity index (χ3n) is 2.79. The smallest absolute Gasteiger partial charge is 0.113 e. The fourth-order valence-electron chi connectivity index (χ4n) is 1.84. The summed E-state index contributed by atoms with van der Waals surface area (Å²) in [6.45, 7) is 2.11. The van der Waals surface area contributed by atoms with Crippen molar-refractivity contribution in [1.29, 1.82) is 0 Å². The van der Waals surface area contributed by atoms with Gasteiger partial charge in [-0.1, -0.05) is 24.3 Å². The highest BCUT2D eigenvalue weighted by Crippen LogP contribution is 2.15. The summed E-state index contributed by atoms with van der Waals surface area (Å²) in [4.78, 5) is 4.23. The molecule has 0 unspecified atom stereocenters. The number of hydrogen-bond donors (Lipinski definition) is 0. The van der Waals surface area contributed by atoms with E-state index in [1.165, 1.54) is 5.56 Å². The molecule has 2 aromatic heterocycles. The second-order valence-corrected chi connectivity index (χ2v) is 3.89. The molecule has 0 N–H and O–H groups in total. The lowest BCUT2D eigenvalue weighted by Gasteiger charge is -2.03. The first-order valence-corrected chi connectivity index (χ1v) is 5.63. The number of aryl methyl sites for hydroxylation is 1. The van der Waals surface area contributed by atoms with Crippen LogP contribution in [0.15, 0.2) is 42.7 Å². The summed E-state index contributed by atoms with van der Waals surface area (Å²) in [5.41, 5.74) is 4.05. The minimum absolute atomic E-state index is 0.898. The average Bonchev–Trinajstić information content (AvgIpc) is 2.82. The van der Waals surface area contributed by atoms with Crippen molar-refractivity contribution in [3.63, 3.8) is 0 Å². The van der Waals surface area contributed by atoms with E-state index in [2.05, 4.69) is 28.3 Å². The summed E-state index contributed by atoms with van der Waals surface area (Å²) in [6, 6.07) is 10.00. The number of aromatic nitrogens is 4. The molecule has 0 radical (unpaired) electrons. The van der Waals surface area contributed by atoms with E-state index in [9.17, 15) is 0 Å². The number of fused-ring (bicyclic) bond motifs is 1. The van der Waals surface area contributed by atoms with Crippen LogP contribution in [0.2, 0.25) is 0 Å². The molecular formula is C13H12N4. The molecule has 0 bridgehead atoms. The number of rotatable bonds is 2. The Hall–Kier alpha value is -2.23. The van der Waals surface area contributed by atoms with E-state index in [1.54, 1.807) is 6.20 Å². The SMILES string of the molecule is CCc1cncc(-n2nnc3ccccc32)c1. The van der Waals surface area contributed by atoms with Crippen molar-refractivity contribution in [2.45, 2.75) is 13.3 Å². The van der Waals surface area contributed by atoms with Crippen LogP contribution in [0.5, 0.6) is 0 Å². The van der Waals surface area contributed by atoms with Crippen LogP contribution in [0.4, 0.5) is 0 Å². The predicted octanol–water partition coefficient (Wildman–Crippen LogP) is 2.38. The third kappa shape index (κ3) is 1.67. The van der Waals surface area contributed by atoms with Gasteiger partial charge in [0, 0.05) is 6.20 Å². The third-order valence-corrected chi connectivity index (χ3v) is 2.79. The van der Waals surface area contributed by atoms with Crippen molar-refractivity contribution >= 4 is 11.0 Å². The monoisotopic (exact) mass is 224 g/mol. The van der Waals surface area contributed by atoms with Gasteiger partial charge in [0.2, 0.25) is 0 Å². The van der Waals surface area contributed by atoms with E-state index in [4.69, 9.17) is 0 Å². The molecule has 84 valence electrons. The Morgan fingerprint density at radius 3 is 2.94 bits per heavy atom. The molecule has 2 heterocycles. The molecule has 0 spiro atoms. The first kappa shape index (κ1) is 9.96. The number of hydrogen-bond acceptors (Lipinski definition) is 3. The van der Waals surface area contributed by atoms with E-state index in [-0.39, 0.29) is 0 Å². The van der Waals surface area contributed by atoms with Crippen molar-refractivity contribution in [1.82, 2.24) is 20.0 Å². The molecule has 0 saturated carbocycles. The van der Waals surface area contributed by atoms with Crippen LogP contribution in [-0.4, -0.2) is 20.0 Å². The van der Waals surface area contributed by atoms with Gasteiger partial charge in [0.15, 0.2) is 0 Å². The van der Waals surface area contributed by atoms with Crippen LogP contribution in [-0.2, 0) is 6.42 Å². The van der Waals surface area contributed by atoms with Crippen LogP contribution in [0.25, 0.3) is 16.7 Å². The maximum atomic E-state index is 4.23. The highest BCUT2D eigenvalue weighted by atomic mass is 15.4. The Kier molecular flexibility index (Phi) is 2.33. The quantitative estimate of drug-likeness (QED) is 0.671. The minimum Gasteiger partial charge on any atom is -0.262 e. The van der Waals surface area contributed by atoms with E-state index >= 15 is 0 Å². The zero-order valence-corrected chi connectivity index (χ0v) is 9.54. The van der Waals surface area contributed by atoms with Gasteiger partial charge in [-0.2, -0.15) is 0 Å². The van der Waals surface area contributed by atoms with Crippen molar-refractivity contribution in [2.24, 2.45) is 0 Å². The van der Waals surface area contributed by atoms with E-state index in [1.807, 2.05) is 35.1 Å². The molecule has 17 heavy (non-hydrogen) atoms. The Bertz CT molecular complexity index is 657. The summed E-state index contributed by atoms with van der Waals surface area (Å²) in [7, 11) is 0. The Morgan fingerprint density at radius 1 is 1.18 bits per heavy atom. The standard InChI is InChI=1S/C13H12N4/c1-2-10-7-11(9-14-8-10)17-13-6-4-3-5-12(13)15-16-17/h3-9H,2H2,1H3. The molecule has 0 aliphatic carbocycles. The molecule has 3 rings (SSSR count). The highest BCUT2D eigenvalue weighted by molar-refractivity contribution is 5.75. The number of nitrogens with zero attached hydrogens (tertiary/aromatic N) is 4. The highest BCUT2D eigenvalue weighted by Gasteiger charge is 2.05. The molecule has 4 heteroatoms. The number of para-hydroxylation sites is 1. The van der Waals surface area contributed by atoms with Gasteiger partial charge < -0.3 is 0 Å². The van der Waals surface area contributed by atoms with Crippen LogP contribution < -0.4 is 0 Å². The second kappa shape index (κ2) is 3.97. The Morgan fingerprint density at radius 2 is 2.06 bits per heavy atom. The number of pyridine rings is 1. The summed E-state index contributed by atoms with van der Waals surface area (Å²) >= 11 is 0. The maximum Gasteiger partial charge on any atom is 0.113 e. The maximum absolute atomic E-state index is 4.23. The summed E-state index contributed by atoms with van der Waals surface area (Å²) in [5, 5.41) is 8.30. The van der Waals surface area contributed by atoms with Crippen LogP contribution in [0, 0.1) is 0 Å². The van der Waals surface area contributed by atoms with Gasteiger partial charge in [-0.25, -0.2) is 4.68 Å². The fraction of sp³-hybridized carbons (Fsp3) is 0.154. The molecule has 0 atom stereocenters. The van der Waals surface area contributed by atoms with E-state index in [0.717, 1.165) is 23.1 Å². The zero-order chi connectivity index (χ0) is 11.7. The van der Waals surface area contributed by atoms with Gasteiger partial charge >= 0.3 is 0 Å². The molecule has 0 aliphatic heterocycles. The van der Waals surface area contributed by atoms with E-state index < -0.39 is 0 Å². The van der Waals surface area contributed by atoms with Gasteiger partial charge in [-0.05, 0) is 30.2 Å². The first-order valence-electron chi connectivity index (χ1n) is 5.63. The molecule has 4 nitrogen and oxygen atoms in total. The molecule has 3 aromatic rings. The lowest BCUT2D eigenvalue weighted by atomic mass is 10.2. The van der Waals surface area contributed by atoms with Crippen molar-refractivity contribution in [2.75, 3.05) is 0 Å². The van der Waals surface area contributed by atoms with Gasteiger partial charge in [-0.15, -0.1) is 5.10 Å². The normalized spacial score (nSPS) is 10.9. The Labute approximate surface area is 98.9 Å². The van der Waals surface area contributed by atoms with Crippen LogP contribution >= 0.6 is 0 Å². The Balaban J connectivity index is 2.20. The second-order valence-electron chi connectivity index (χ2n) is 3.89.